The molecule has 0 fully saturated rings. The molecule has 10 heteroatoms. The van der Waals surface area contributed by atoms with Gasteiger partial charge < -0.3 is 19.5 Å². The van der Waals surface area contributed by atoms with E-state index in [0.29, 0.717) is 22.7 Å². The standard InChI is InChI=1S/C25H26N2O7S/c1-16-5-6-17(2)23(13-16)35(30,31)27-19-9-7-18(8-10-19)25(29)34-15-24(28)26-21-12-11-20(32-3)14-22(21)33-4/h5-14,27H,15H2,1-4H3,(H,26,28). The zero-order chi connectivity index (χ0) is 25.6. The fourth-order valence-electron chi connectivity index (χ4n) is 3.18. The summed E-state index contributed by atoms with van der Waals surface area (Å²) in [6, 6.07) is 15.8. The summed E-state index contributed by atoms with van der Waals surface area (Å²) in [7, 11) is -0.831. The third-order valence-corrected chi connectivity index (χ3v) is 6.55. The van der Waals surface area contributed by atoms with Crippen LogP contribution in [0.15, 0.2) is 65.6 Å². The Labute approximate surface area is 204 Å². The third-order valence-electron chi connectivity index (χ3n) is 5.02. The van der Waals surface area contributed by atoms with Crippen LogP contribution in [0.25, 0.3) is 0 Å². The minimum absolute atomic E-state index is 0.162. The zero-order valence-corrected chi connectivity index (χ0v) is 20.6. The molecule has 0 aliphatic heterocycles. The van der Waals surface area contributed by atoms with Gasteiger partial charge in [-0.05, 0) is 67.4 Å². The van der Waals surface area contributed by atoms with E-state index in [1.807, 2.05) is 13.0 Å². The zero-order valence-electron chi connectivity index (χ0n) is 19.7. The second-order valence-electron chi connectivity index (χ2n) is 7.64. The lowest BCUT2D eigenvalue weighted by Crippen LogP contribution is -2.21. The molecule has 0 saturated heterocycles. The molecule has 3 aromatic rings. The van der Waals surface area contributed by atoms with Gasteiger partial charge in [-0.2, -0.15) is 0 Å². The third kappa shape index (κ3) is 6.51. The molecule has 0 aromatic heterocycles. The molecule has 0 aliphatic rings. The van der Waals surface area contributed by atoms with Crippen LogP contribution in [0.4, 0.5) is 11.4 Å². The van der Waals surface area contributed by atoms with Gasteiger partial charge in [0.25, 0.3) is 15.9 Å². The molecule has 0 atom stereocenters. The van der Waals surface area contributed by atoms with E-state index in [-0.39, 0.29) is 16.1 Å². The lowest BCUT2D eigenvalue weighted by molar-refractivity contribution is -0.119. The predicted octanol–water partition coefficient (Wildman–Crippen LogP) is 3.92. The molecule has 0 aliphatic carbocycles. The van der Waals surface area contributed by atoms with Crippen molar-refractivity contribution in [2.75, 3.05) is 30.9 Å². The molecule has 0 spiro atoms. The number of sulfonamides is 1. The number of anilines is 2. The van der Waals surface area contributed by atoms with Gasteiger partial charge >= 0.3 is 5.97 Å². The van der Waals surface area contributed by atoms with Crippen molar-refractivity contribution < 1.29 is 32.2 Å². The number of rotatable bonds is 9. The maximum absolute atomic E-state index is 12.7. The van der Waals surface area contributed by atoms with Gasteiger partial charge in [-0.25, -0.2) is 13.2 Å². The Hall–Kier alpha value is -4.05. The molecular weight excluding hydrogens is 472 g/mol. The fraction of sp³-hybridized carbons (Fsp3) is 0.200. The molecule has 0 unspecified atom stereocenters. The van der Waals surface area contributed by atoms with Crippen LogP contribution in [0, 0.1) is 13.8 Å². The van der Waals surface area contributed by atoms with Crippen molar-refractivity contribution in [2.24, 2.45) is 0 Å². The topological polar surface area (TPSA) is 120 Å². The van der Waals surface area contributed by atoms with Crippen molar-refractivity contribution in [3.8, 4) is 11.5 Å². The molecule has 3 aromatic carbocycles. The van der Waals surface area contributed by atoms with Crippen molar-refractivity contribution in [3.05, 3.63) is 77.4 Å². The molecule has 35 heavy (non-hydrogen) atoms. The highest BCUT2D eigenvalue weighted by Crippen LogP contribution is 2.29. The summed E-state index contributed by atoms with van der Waals surface area (Å²) in [6.45, 7) is 3.01. The molecule has 0 radical (unpaired) electrons. The summed E-state index contributed by atoms with van der Waals surface area (Å²) < 4.78 is 43.4. The molecule has 0 saturated carbocycles. The van der Waals surface area contributed by atoms with Crippen LogP contribution in [0.1, 0.15) is 21.5 Å². The molecule has 184 valence electrons. The van der Waals surface area contributed by atoms with Crippen molar-refractivity contribution in [3.63, 3.8) is 0 Å². The van der Waals surface area contributed by atoms with E-state index in [9.17, 15) is 18.0 Å². The Morgan fingerprint density at radius 3 is 2.26 bits per heavy atom. The molecule has 0 bridgehead atoms. The number of hydrogen-bond acceptors (Lipinski definition) is 7. The summed E-state index contributed by atoms with van der Waals surface area (Å²) in [6.07, 6.45) is 0. The average molecular weight is 499 g/mol. The molecule has 3 rings (SSSR count). The van der Waals surface area contributed by atoms with E-state index in [0.717, 1.165) is 5.56 Å². The monoisotopic (exact) mass is 498 g/mol. The summed E-state index contributed by atoms with van der Waals surface area (Å²) in [5.41, 5.74) is 2.29. The van der Waals surface area contributed by atoms with Gasteiger partial charge in [-0.1, -0.05) is 12.1 Å². The summed E-state index contributed by atoms with van der Waals surface area (Å²) >= 11 is 0. The first-order valence-corrected chi connectivity index (χ1v) is 12.0. The smallest absolute Gasteiger partial charge is 0.338 e. The van der Waals surface area contributed by atoms with Crippen LogP contribution in [0.3, 0.4) is 0 Å². The van der Waals surface area contributed by atoms with Crippen molar-refractivity contribution >= 4 is 33.3 Å². The number of amides is 1. The second-order valence-corrected chi connectivity index (χ2v) is 9.29. The minimum Gasteiger partial charge on any atom is -0.497 e. The van der Waals surface area contributed by atoms with E-state index in [4.69, 9.17) is 14.2 Å². The number of carbonyl (C=O) groups excluding carboxylic acids is 2. The summed E-state index contributed by atoms with van der Waals surface area (Å²) in [5, 5.41) is 2.61. The Bertz CT molecular complexity index is 1340. The van der Waals surface area contributed by atoms with E-state index < -0.39 is 28.5 Å². The highest BCUT2D eigenvalue weighted by molar-refractivity contribution is 7.92. The first-order chi connectivity index (χ1) is 16.6. The quantitative estimate of drug-likeness (QED) is 0.429. The molecule has 1 amide bonds. The number of nitrogens with one attached hydrogen (secondary N) is 2. The van der Waals surface area contributed by atoms with E-state index in [1.165, 1.54) is 38.5 Å². The first-order valence-electron chi connectivity index (χ1n) is 10.5. The molecule has 9 nitrogen and oxygen atoms in total. The lowest BCUT2D eigenvalue weighted by atomic mass is 10.2. The average Bonchev–Trinajstić information content (AvgIpc) is 2.84. The molecule has 0 heterocycles. The Kier molecular flexibility index (Phi) is 7.98. The first kappa shape index (κ1) is 25.6. The largest absolute Gasteiger partial charge is 0.497 e. The lowest BCUT2D eigenvalue weighted by Gasteiger charge is -2.12. The summed E-state index contributed by atoms with van der Waals surface area (Å²) in [4.78, 5) is 24.7. The maximum atomic E-state index is 12.7. The van der Waals surface area contributed by atoms with Crippen molar-refractivity contribution in [2.45, 2.75) is 18.7 Å². The van der Waals surface area contributed by atoms with Crippen LogP contribution in [0.5, 0.6) is 11.5 Å². The normalized spacial score (nSPS) is 10.9. The summed E-state index contributed by atoms with van der Waals surface area (Å²) in [5.74, 6) is -0.334. The Morgan fingerprint density at radius 1 is 0.886 bits per heavy atom. The highest BCUT2D eigenvalue weighted by atomic mass is 32.2. The van der Waals surface area contributed by atoms with Gasteiger partial charge in [0.15, 0.2) is 6.61 Å². The molecular formula is C25H26N2O7S. The van der Waals surface area contributed by atoms with Crippen LogP contribution in [0.2, 0.25) is 0 Å². The van der Waals surface area contributed by atoms with Gasteiger partial charge in [0.1, 0.15) is 11.5 Å². The SMILES string of the molecule is COc1ccc(NC(=O)COC(=O)c2ccc(NS(=O)(=O)c3cc(C)ccc3C)cc2)c(OC)c1. The number of benzene rings is 3. The second kappa shape index (κ2) is 10.9. The Morgan fingerprint density at radius 2 is 1.60 bits per heavy atom. The van der Waals surface area contributed by atoms with Gasteiger partial charge in [-0.3, -0.25) is 9.52 Å². The minimum atomic E-state index is -3.80. The van der Waals surface area contributed by atoms with Gasteiger partial charge in [0.2, 0.25) is 0 Å². The van der Waals surface area contributed by atoms with Crippen LogP contribution in [-0.4, -0.2) is 41.1 Å². The van der Waals surface area contributed by atoms with Crippen LogP contribution >= 0.6 is 0 Å². The fourth-order valence-corrected chi connectivity index (χ4v) is 4.57. The number of carbonyl (C=O) groups is 2. The van der Waals surface area contributed by atoms with E-state index in [2.05, 4.69) is 10.0 Å². The Balaban J connectivity index is 1.59. The van der Waals surface area contributed by atoms with Gasteiger partial charge in [0.05, 0.1) is 30.4 Å². The van der Waals surface area contributed by atoms with Crippen LogP contribution < -0.4 is 19.5 Å². The van der Waals surface area contributed by atoms with E-state index >= 15 is 0 Å². The number of hydrogen-bond donors (Lipinski definition) is 2. The number of ether oxygens (including phenoxy) is 3. The maximum Gasteiger partial charge on any atom is 0.338 e. The van der Waals surface area contributed by atoms with Gasteiger partial charge in [0, 0.05) is 11.8 Å². The highest BCUT2D eigenvalue weighted by Gasteiger charge is 2.18. The van der Waals surface area contributed by atoms with Crippen molar-refractivity contribution in [1.29, 1.82) is 0 Å². The number of methoxy groups -OCH3 is 2. The molecule has 2 N–H and O–H groups in total. The van der Waals surface area contributed by atoms with Gasteiger partial charge in [-0.15, -0.1) is 0 Å². The predicted molar refractivity (Wildman–Crippen MR) is 132 cm³/mol. The van der Waals surface area contributed by atoms with E-state index in [1.54, 1.807) is 37.3 Å². The van der Waals surface area contributed by atoms with Crippen LogP contribution in [-0.2, 0) is 19.6 Å². The number of esters is 1. The number of aryl methyl sites for hydroxylation is 2. The van der Waals surface area contributed by atoms with Crippen molar-refractivity contribution in [1.82, 2.24) is 0 Å².